The molecule has 0 saturated carbocycles. The minimum Gasteiger partial charge on any atom is -0.508 e. The highest BCUT2D eigenvalue weighted by atomic mass is 16.3. The summed E-state index contributed by atoms with van der Waals surface area (Å²) in [6, 6.07) is 5.73. The second-order valence-corrected chi connectivity index (χ2v) is 4.12. The van der Waals surface area contributed by atoms with Crippen molar-refractivity contribution in [2.45, 2.75) is 19.8 Å². The summed E-state index contributed by atoms with van der Waals surface area (Å²) < 4.78 is 0. The number of benzene rings is 1. The highest BCUT2D eigenvalue weighted by Gasteiger charge is 2.03. The van der Waals surface area contributed by atoms with Gasteiger partial charge in [0.25, 0.3) is 0 Å². The highest BCUT2D eigenvalue weighted by Crippen LogP contribution is 2.22. The van der Waals surface area contributed by atoms with E-state index in [9.17, 15) is 5.11 Å². The number of aromatic hydroxyl groups is 1. The monoisotopic (exact) mass is 212 g/mol. The van der Waals surface area contributed by atoms with Gasteiger partial charge in [0.05, 0.1) is 0 Å². The Morgan fingerprint density at radius 3 is 3.00 bits per heavy atom. The predicted molar refractivity (Wildman–Crippen MR) is 67.5 cm³/mol. The average Bonchev–Trinajstić information content (AvgIpc) is 2.52. The van der Waals surface area contributed by atoms with Gasteiger partial charge in [-0.2, -0.15) is 0 Å². The zero-order chi connectivity index (χ0) is 11.4. The van der Waals surface area contributed by atoms with Gasteiger partial charge in [-0.3, -0.25) is 0 Å². The molecule has 0 fully saturated rings. The summed E-state index contributed by atoms with van der Waals surface area (Å²) in [5.41, 5.74) is 3.40. The Morgan fingerprint density at radius 2 is 2.12 bits per heavy atom. The topological polar surface area (TPSA) is 20.2 Å². The summed E-state index contributed by atoms with van der Waals surface area (Å²) >= 11 is 0. The van der Waals surface area contributed by atoms with Crippen LogP contribution < -0.4 is 0 Å². The molecule has 0 atom stereocenters. The molecule has 2 rings (SSSR count). The van der Waals surface area contributed by atoms with Crippen molar-refractivity contribution in [1.82, 2.24) is 0 Å². The molecule has 0 saturated heterocycles. The lowest BCUT2D eigenvalue weighted by molar-refractivity contribution is 0.469. The van der Waals surface area contributed by atoms with Gasteiger partial charge in [0, 0.05) is 6.42 Å². The molecule has 1 N–H and O–H groups in total. The number of phenols is 1. The fourth-order valence-corrected chi connectivity index (χ4v) is 1.82. The van der Waals surface area contributed by atoms with Crippen molar-refractivity contribution >= 4 is 0 Å². The Morgan fingerprint density at radius 1 is 1.25 bits per heavy atom. The number of phenolic OH excluding ortho intramolecular Hbond substituents is 1. The van der Waals surface area contributed by atoms with E-state index < -0.39 is 0 Å². The fraction of sp³-hybridized carbons (Fsp3) is 0.200. The minimum absolute atomic E-state index is 0.383. The molecule has 1 aliphatic rings. The van der Waals surface area contributed by atoms with Gasteiger partial charge in [0.1, 0.15) is 5.75 Å². The number of rotatable bonds is 2. The molecule has 0 amide bonds. The second kappa shape index (κ2) is 4.84. The van der Waals surface area contributed by atoms with E-state index in [1.165, 1.54) is 11.1 Å². The summed E-state index contributed by atoms with van der Waals surface area (Å²) in [7, 11) is 0. The highest BCUT2D eigenvalue weighted by molar-refractivity contribution is 5.41. The van der Waals surface area contributed by atoms with E-state index in [2.05, 4.69) is 30.4 Å². The summed E-state index contributed by atoms with van der Waals surface area (Å²) in [4.78, 5) is 0. The van der Waals surface area contributed by atoms with Crippen LogP contribution in [-0.2, 0) is 6.42 Å². The molecule has 0 bridgehead atoms. The van der Waals surface area contributed by atoms with Crippen LogP contribution in [0.1, 0.15) is 17.5 Å². The first kappa shape index (κ1) is 10.7. The predicted octanol–water partition coefficient (Wildman–Crippen LogP) is 3.69. The molecule has 0 aromatic heterocycles. The maximum atomic E-state index is 9.77. The van der Waals surface area contributed by atoms with Crippen molar-refractivity contribution in [2.75, 3.05) is 0 Å². The molecule has 1 heteroatoms. The molecule has 0 heterocycles. The van der Waals surface area contributed by atoms with Crippen molar-refractivity contribution < 1.29 is 5.11 Å². The molecule has 0 radical (unpaired) electrons. The van der Waals surface area contributed by atoms with Crippen LogP contribution in [0, 0.1) is 6.92 Å². The van der Waals surface area contributed by atoms with Gasteiger partial charge in [0.2, 0.25) is 0 Å². The van der Waals surface area contributed by atoms with Crippen molar-refractivity contribution in [3.8, 4) is 5.75 Å². The Labute approximate surface area is 96.4 Å². The van der Waals surface area contributed by atoms with E-state index in [-0.39, 0.29) is 0 Å². The first-order valence-electron chi connectivity index (χ1n) is 5.56. The fourth-order valence-electron chi connectivity index (χ4n) is 1.82. The van der Waals surface area contributed by atoms with Gasteiger partial charge >= 0.3 is 0 Å². The Hall–Kier alpha value is -1.76. The average molecular weight is 212 g/mol. The first-order valence-corrected chi connectivity index (χ1v) is 5.56. The lowest BCUT2D eigenvalue weighted by Gasteiger charge is -2.06. The third-order valence-corrected chi connectivity index (χ3v) is 2.68. The molecule has 82 valence electrons. The van der Waals surface area contributed by atoms with E-state index in [0.29, 0.717) is 5.75 Å². The van der Waals surface area contributed by atoms with Crippen molar-refractivity contribution in [3.63, 3.8) is 0 Å². The van der Waals surface area contributed by atoms with Crippen LogP contribution in [0.25, 0.3) is 0 Å². The largest absolute Gasteiger partial charge is 0.508 e. The van der Waals surface area contributed by atoms with Crippen LogP contribution in [0.3, 0.4) is 0 Å². The SMILES string of the molecule is Cc1ccc(O)c(CC2=CC=CCC=C2)c1. The van der Waals surface area contributed by atoms with Crippen LogP contribution in [0.4, 0.5) is 0 Å². The molecular formula is C15H16O. The van der Waals surface area contributed by atoms with Crippen LogP contribution in [0.15, 0.2) is 54.2 Å². The molecule has 1 aromatic rings. The maximum Gasteiger partial charge on any atom is 0.119 e. The molecule has 0 aliphatic heterocycles. The van der Waals surface area contributed by atoms with Gasteiger partial charge in [-0.05, 0) is 30.5 Å². The van der Waals surface area contributed by atoms with Crippen LogP contribution in [0.2, 0.25) is 0 Å². The Kier molecular flexibility index (Phi) is 3.25. The van der Waals surface area contributed by atoms with E-state index in [0.717, 1.165) is 18.4 Å². The number of allylic oxidation sites excluding steroid dienone is 6. The Balaban J connectivity index is 2.23. The second-order valence-electron chi connectivity index (χ2n) is 4.12. The van der Waals surface area contributed by atoms with Gasteiger partial charge in [-0.25, -0.2) is 0 Å². The number of hydrogen-bond acceptors (Lipinski definition) is 1. The van der Waals surface area contributed by atoms with Crippen LogP contribution in [-0.4, -0.2) is 5.11 Å². The van der Waals surface area contributed by atoms with E-state index in [1.54, 1.807) is 6.07 Å². The maximum absolute atomic E-state index is 9.77. The molecule has 1 nitrogen and oxygen atoms in total. The normalized spacial score (nSPS) is 14.7. The van der Waals surface area contributed by atoms with Gasteiger partial charge < -0.3 is 5.11 Å². The molecular weight excluding hydrogens is 196 g/mol. The van der Waals surface area contributed by atoms with Crippen molar-refractivity contribution in [1.29, 1.82) is 0 Å². The van der Waals surface area contributed by atoms with Crippen LogP contribution in [0.5, 0.6) is 5.75 Å². The number of hydrogen-bond donors (Lipinski definition) is 1. The summed E-state index contributed by atoms with van der Waals surface area (Å²) in [5, 5.41) is 9.77. The zero-order valence-electron chi connectivity index (χ0n) is 9.48. The lowest BCUT2D eigenvalue weighted by Crippen LogP contribution is -1.89. The van der Waals surface area contributed by atoms with Crippen molar-refractivity contribution in [3.05, 3.63) is 65.3 Å². The number of aryl methyl sites for hydroxylation is 1. The molecule has 0 unspecified atom stereocenters. The third kappa shape index (κ3) is 2.63. The third-order valence-electron chi connectivity index (χ3n) is 2.68. The quantitative estimate of drug-likeness (QED) is 0.792. The minimum atomic E-state index is 0.383. The molecule has 1 aliphatic carbocycles. The summed E-state index contributed by atoms with van der Waals surface area (Å²) in [6.45, 7) is 2.04. The molecule has 0 spiro atoms. The van der Waals surface area contributed by atoms with Gasteiger partial charge in [0.15, 0.2) is 0 Å². The standard InChI is InChI=1S/C15H16O/c1-12-8-9-15(16)14(10-12)11-13-6-4-2-3-5-7-13/h2,4-10,16H,3,11H2,1H3. The Bertz CT molecular complexity index is 464. The molecule has 1 aromatic carbocycles. The van der Waals surface area contributed by atoms with Gasteiger partial charge in [-0.1, -0.05) is 48.1 Å². The first-order chi connectivity index (χ1) is 7.75. The molecule has 16 heavy (non-hydrogen) atoms. The van der Waals surface area contributed by atoms with E-state index >= 15 is 0 Å². The van der Waals surface area contributed by atoms with Crippen molar-refractivity contribution in [2.24, 2.45) is 0 Å². The van der Waals surface area contributed by atoms with E-state index in [1.807, 2.05) is 19.1 Å². The van der Waals surface area contributed by atoms with Gasteiger partial charge in [-0.15, -0.1) is 0 Å². The lowest BCUT2D eigenvalue weighted by atomic mass is 10.0. The summed E-state index contributed by atoms with van der Waals surface area (Å²) in [6.07, 6.45) is 12.3. The smallest absolute Gasteiger partial charge is 0.119 e. The summed E-state index contributed by atoms with van der Waals surface area (Å²) in [5.74, 6) is 0.383. The zero-order valence-corrected chi connectivity index (χ0v) is 9.48. The van der Waals surface area contributed by atoms with Crippen LogP contribution >= 0.6 is 0 Å². The van der Waals surface area contributed by atoms with E-state index in [4.69, 9.17) is 0 Å².